The minimum absolute atomic E-state index is 0.908. The number of nitrogens with zero attached hydrogens (tertiary/aromatic N) is 2. The molecular weight excluding hydrogens is 243 g/mol. The lowest BCUT2D eigenvalue weighted by Gasteiger charge is -2.02. The van der Waals surface area contributed by atoms with E-state index in [1.807, 2.05) is 0 Å². The van der Waals surface area contributed by atoms with Gasteiger partial charge in [-0.2, -0.15) is 0 Å². The van der Waals surface area contributed by atoms with Crippen molar-refractivity contribution in [1.82, 2.24) is 10.1 Å². The van der Waals surface area contributed by atoms with Gasteiger partial charge in [-0.1, -0.05) is 5.16 Å². The summed E-state index contributed by atoms with van der Waals surface area (Å²) < 4.78 is 6.09. The summed E-state index contributed by atoms with van der Waals surface area (Å²) in [5, 5.41) is 3.86. The number of hydrogen-bond acceptors (Lipinski definition) is 3. The van der Waals surface area contributed by atoms with Crippen LogP contribution in [0.25, 0.3) is 0 Å². The van der Waals surface area contributed by atoms with Crippen molar-refractivity contribution in [3.63, 3.8) is 0 Å². The van der Waals surface area contributed by atoms with Gasteiger partial charge in [0.2, 0.25) is 0 Å². The van der Waals surface area contributed by atoms with Gasteiger partial charge in [-0.25, -0.2) is 0 Å². The number of rotatable bonds is 0. The summed E-state index contributed by atoms with van der Waals surface area (Å²) in [6.07, 6.45) is 0. The molecule has 2 heterocycles. The Balaban J connectivity index is 2.44. The maximum Gasteiger partial charge on any atom is 0.156 e. The van der Waals surface area contributed by atoms with Crippen molar-refractivity contribution < 1.29 is 4.52 Å². The van der Waals surface area contributed by atoms with Crippen LogP contribution in [0.3, 0.4) is 0 Å². The monoisotopic (exact) mass is 250 g/mol. The zero-order valence-corrected chi connectivity index (χ0v) is 7.75. The zero-order chi connectivity index (χ0) is 7.14. The average molecular weight is 250 g/mol. The Labute approximate surface area is 72.5 Å². The maximum absolute atomic E-state index is 5.08. The molecule has 1 aromatic heterocycles. The summed E-state index contributed by atoms with van der Waals surface area (Å²) in [6.45, 7) is 1.89. The van der Waals surface area contributed by atoms with Gasteiger partial charge in [-0.05, 0) is 29.6 Å². The van der Waals surface area contributed by atoms with Crippen LogP contribution in [0.1, 0.15) is 11.3 Å². The van der Waals surface area contributed by atoms with Crippen LogP contribution in [0.5, 0.6) is 0 Å². The van der Waals surface area contributed by atoms with Crippen LogP contribution in [0.4, 0.5) is 0 Å². The van der Waals surface area contributed by atoms with Crippen LogP contribution in [0, 0.1) is 3.70 Å². The molecular formula is C6H7IN2O. The molecule has 0 fully saturated rings. The first kappa shape index (κ1) is 6.60. The topological polar surface area (TPSA) is 29.3 Å². The highest BCUT2D eigenvalue weighted by Gasteiger charge is 2.22. The van der Waals surface area contributed by atoms with E-state index in [1.54, 1.807) is 0 Å². The molecule has 0 spiro atoms. The van der Waals surface area contributed by atoms with Crippen LogP contribution < -0.4 is 0 Å². The van der Waals surface area contributed by atoms with E-state index < -0.39 is 0 Å². The first-order valence-corrected chi connectivity index (χ1v) is 4.16. The molecule has 0 saturated heterocycles. The molecule has 0 N–H and O–H groups in total. The molecule has 10 heavy (non-hydrogen) atoms. The molecule has 0 unspecified atom stereocenters. The Morgan fingerprint density at radius 3 is 3.10 bits per heavy atom. The van der Waals surface area contributed by atoms with E-state index in [2.05, 4.69) is 39.7 Å². The van der Waals surface area contributed by atoms with Gasteiger partial charge in [0.05, 0.1) is 6.54 Å². The van der Waals surface area contributed by atoms with Gasteiger partial charge >= 0.3 is 0 Å². The van der Waals surface area contributed by atoms with Crippen LogP contribution in [-0.2, 0) is 13.1 Å². The minimum Gasteiger partial charge on any atom is -0.359 e. The van der Waals surface area contributed by atoms with Crippen LogP contribution in [0.15, 0.2) is 4.52 Å². The molecule has 1 aliphatic rings. The van der Waals surface area contributed by atoms with Crippen LogP contribution in [-0.4, -0.2) is 17.1 Å². The van der Waals surface area contributed by atoms with Crippen molar-refractivity contribution in [2.24, 2.45) is 0 Å². The van der Waals surface area contributed by atoms with E-state index in [0.29, 0.717) is 0 Å². The molecule has 1 aliphatic heterocycles. The Kier molecular flexibility index (Phi) is 1.45. The molecule has 2 rings (SSSR count). The van der Waals surface area contributed by atoms with Crippen LogP contribution >= 0.6 is 22.6 Å². The average Bonchev–Trinajstić information content (AvgIpc) is 2.35. The molecule has 0 radical (unpaired) electrons. The third-order valence-electron chi connectivity index (χ3n) is 1.66. The predicted octanol–water partition coefficient (Wildman–Crippen LogP) is 1.22. The fourth-order valence-electron chi connectivity index (χ4n) is 1.17. The summed E-state index contributed by atoms with van der Waals surface area (Å²) >= 11 is 2.20. The van der Waals surface area contributed by atoms with E-state index in [-0.39, 0.29) is 0 Å². The third kappa shape index (κ3) is 0.861. The van der Waals surface area contributed by atoms with Crippen LogP contribution in [0.2, 0.25) is 0 Å². The Morgan fingerprint density at radius 2 is 2.40 bits per heavy atom. The van der Waals surface area contributed by atoms with Gasteiger partial charge in [0, 0.05) is 12.1 Å². The molecule has 0 atom stereocenters. The van der Waals surface area contributed by atoms with Gasteiger partial charge < -0.3 is 4.52 Å². The summed E-state index contributed by atoms with van der Waals surface area (Å²) in [7, 11) is 2.08. The molecule has 3 nitrogen and oxygen atoms in total. The highest BCUT2D eigenvalue weighted by atomic mass is 127. The van der Waals surface area contributed by atoms with Gasteiger partial charge in [0.1, 0.15) is 3.70 Å². The second kappa shape index (κ2) is 2.20. The molecule has 4 heteroatoms. The number of aromatic nitrogens is 1. The molecule has 54 valence electrons. The van der Waals surface area contributed by atoms with Gasteiger partial charge in [-0.15, -0.1) is 0 Å². The predicted molar refractivity (Wildman–Crippen MR) is 44.4 cm³/mol. The molecule has 0 amide bonds. The zero-order valence-electron chi connectivity index (χ0n) is 5.59. The van der Waals surface area contributed by atoms with E-state index in [0.717, 1.165) is 22.6 Å². The fraction of sp³-hybridized carbons (Fsp3) is 0.500. The van der Waals surface area contributed by atoms with Gasteiger partial charge in [0.15, 0.2) is 5.76 Å². The van der Waals surface area contributed by atoms with E-state index in [4.69, 9.17) is 4.52 Å². The van der Waals surface area contributed by atoms with E-state index >= 15 is 0 Å². The van der Waals surface area contributed by atoms with Gasteiger partial charge in [0.25, 0.3) is 0 Å². The molecule has 0 bridgehead atoms. The Bertz CT molecular complexity index is 258. The standard InChI is InChI=1S/C6H7IN2O/c1-9-2-4-5(3-9)10-8-6(4)7/h2-3H2,1H3. The maximum atomic E-state index is 5.08. The third-order valence-corrected chi connectivity index (χ3v) is 2.51. The summed E-state index contributed by atoms with van der Waals surface area (Å²) in [5.41, 5.74) is 1.27. The summed E-state index contributed by atoms with van der Waals surface area (Å²) in [6, 6.07) is 0. The minimum atomic E-state index is 0.908. The molecule has 0 saturated carbocycles. The highest BCUT2D eigenvalue weighted by molar-refractivity contribution is 14.1. The number of halogens is 1. The van der Waals surface area contributed by atoms with Crippen molar-refractivity contribution in [1.29, 1.82) is 0 Å². The van der Waals surface area contributed by atoms with Crippen molar-refractivity contribution >= 4 is 22.6 Å². The van der Waals surface area contributed by atoms with E-state index in [1.165, 1.54) is 5.56 Å². The largest absolute Gasteiger partial charge is 0.359 e. The lowest BCUT2D eigenvalue weighted by molar-refractivity contribution is 0.297. The Hall–Kier alpha value is -0.100. The van der Waals surface area contributed by atoms with Gasteiger partial charge in [-0.3, -0.25) is 4.90 Å². The summed E-state index contributed by atoms with van der Waals surface area (Å²) in [4.78, 5) is 2.21. The van der Waals surface area contributed by atoms with E-state index in [9.17, 15) is 0 Å². The quantitative estimate of drug-likeness (QED) is 0.648. The van der Waals surface area contributed by atoms with Crippen molar-refractivity contribution in [3.05, 3.63) is 15.0 Å². The first-order chi connectivity index (χ1) is 4.77. The second-order valence-corrected chi connectivity index (χ2v) is 3.57. The normalized spacial score (nSPS) is 17.8. The first-order valence-electron chi connectivity index (χ1n) is 3.09. The summed E-state index contributed by atoms with van der Waals surface area (Å²) in [5.74, 6) is 1.03. The van der Waals surface area contributed by atoms with Crippen molar-refractivity contribution in [2.75, 3.05) is 7.05 Å². The van der Waals surface area contributed by atoms with Crippen molar-refractivity contribution in [3.8, 4) is 0 Å². The number of fused-ring (bicyclic) bond motifs is 1. The van der Waals surface area contributed by atoms with Crippen molar-refractivity contribution in [2.45, 2.75) is 13.1 Å². The lowest BCUT2D eigenvalue weighted by Crippen LogP contribution is -2.08. The molecule has 1 aromatic rings. The number of hydrogen-bond donors (Lipinski definition) is 0. The molecule has 0 aromatic carbocycles. The molecule has 0 aliphatic carbocycles. The smallest absolute Gasteiger partial charge is 0.156 e. The second-order valence-electron chi connectivity index (χ2n) is 2.55. The lowest BCUT2D eigenvalue weighted by atomic mass is 10.3. The SMILES string of the molecule is CN1Cc2onc(I)c2C1. The Morgan fingerprint density at radius 1 is 1.60 bits per heavy atom. The highest BCUT2D eigenvalue weighted by Crippen LogP contribution is 2.24. The fourth-order valence-corrected chi connectivity index (χ4v) is 1.74.